The molecule has 0 saturated carbocycles. The molecule has 8 heteroatoms. The number of nitrogens with zero attached hydrogens (tertiary/aromatic N) is 3. The van der Waals surface area contributed by atoms with Gasteiger partial charge in [-0.05, 0) is 18.0 Å². The van der Waals surface area contributed by atoms with Gasteiger partial charge in [-0.25, -0.2) is 4.98 Å². The second-order valence-electron chi connectivity index (χ2n) is 5.26. The molecule has 2 aromatic heterocycles. The molecule has 3 heterocycles. The summed E-state index contributed by atoms with van der Waals surface area (Å²) < 4.78 is 0. The summed E-state index contributed by atoms with van der Waals surface area (Å²) >= 11 is 2.98. The van der Waals surface area contributed by atoms with Gasteiger partial charge in [-0.3, -0.25) is 9.59 Å². The smallest absolute Gasteiger partial charge is 0.273 e. The number of nitrogens with two attached hydrogens (primary N) is 1. The van der Waals surface area contributed by atoms with Crippen LogP contribution in [0.15, 0.2) is 22.2 Å². The van der Waals surface area contributed by atoms with Crippen LogP contribution < -0.4 is 5.73 Å². The molecule has 0 spiro atoms. The van der Waals surface area contributed by atoms with Crippen molar-refractivity contribution in [2.24, 2.45) is 5.73 Å². The van der Waals surface area contributed by atoms with Crippen molar-refractivity contribution in [1.29, 1.82) is 0 Å². The second-order valence-corrected chi connectivity index (χ2v) is 6.98. The van der Waals surface area contributed by atoms with E-state index in [1.54, 1.807) is 15.2 Å². The number of hydrogen-bond donors (Lipinski definition) is 1. The Morgan fingerprint density at radius 1 is 1.13 bits per heavy atom. The van der Waals surface area contributed by atoms with E-state index in [1.165, 1.54) is 22.7 Å². The summed E-state index contributed by atoms with van der Waals surface area (Å²) in [4.78, 5) is 32.6. The van der Waals surface area contributed by atoms with Crippen molar-refractivity contribution in [2.45, 2.75) is 6.42 Å². The normalized spacial score (nSPS) is 15.0. The van der Waals surface area contributed by atoms with Crippen LogP contribution in [0, 0.1) is 0 Å². The summed E-state index contributed by atoms with van der Waals surface area (Å²) in [6.07, 6.45) is 0.695. The Balaban J connectivity index is 1.57. The quantitative estimate of drug-likeness (QED) is 0.901. The van der Waals surface area contributed by atoms with Crippen LogP contribution in [0.25, 0.3) is 0 Å². The minimum Gasteiger partial charge on any atom is -0.335 e. The maximum Gasteiger partial charge on any atom is 0.273 e. The van der Waals surface area contributed by atoms with Crippen LogP contribution in [-0.4, -0.2) is 59.3 Å². The van der Waals surface area contributed by atoms with Gasteiger partial charge in [0.1, 0.15) is 5.69 Å². The van der Waals surface area contributed by atoms with E-state index in [2.05, 4.69) is 4.98 Å². The summed E-state index contributed by atoms with van der Waals surface area (Å²) in [7, 11) is 0. The maximum absolute atomic E-state index is 12.5. The lowest BCUT2D eigenvalue weighted by Gasteiger charge is -2.34. The number of carbonyl (C=O) groups is 2. The molecule has 1 fully saturated rings. The third kappa shape index (κ3) is 3.60. The summed E-state index contributed by atoms with van der Waals surface area (Å²) in [6.45, 7) is 2.72. The Kier molecular flexibility index (Phi) is 5.04. The lowest BCUT2D eigenvalue weighted by atomic mass is 10.2. The van der Waals surface area contributed by atoms with Crippen molar-refractivity contribution in [3.63, 3.8) is 0 Å². The Morgan fingerprint density at radius 2 is 1.83 bits per heavy atom. The molecule has 1 saturated heterocycles. The number of thiophene rings is 1. The van der Waals surface area contributed by atoms with Gasteiger partial charge < -0.3 is 15.5 Å². The summed E-state index contributed by atoms with van der Waals surface area (Å²) in [5.74, 6) is -0.0237. The largest absolute Gasteiger partial charge is 0.335 e. The number of amides is 2. The molecule has 0 radical (unpaired) electrons. The molecular formula is C15H18N4O2S2. The molecule has 2 amide bonds. The third-order valence-electron chi connectivity index (χ3n) is 3.75. The van der Waals surface area contributed by atoms with Crippen LogP contribution in [0.3, 0.4) is 0 Å². The van der Waals surface area contributed by atoms with E-state index in [0.29, 0.717) is 44.8 Å². The lowest BCUT2D eigenvalue weighted by Crippen LogP contribution is -2.50. The highest BCUT2D eigenvalue weighted by atomic mass is 32.1. The molecule has 0 unspecified atom stereocenters. The maximum atomic E-state index is 12.5. The van der Waals surface area contributed by atoms with Crippen molar-refractivity contribution in [2.75, 3.05) is 32.7 Å². The first-order valence-electron chi connectivity index (χ1n) is 7.44. The van der Waals surface area contributed by atoms with Crippen molar-refractivity contribution in [1.82, 2.24) is 14.8 Å². The monoisotopic (exact) mass is 350 g/mol. The average molecular weight is 350 g/mol. The third-order valence-corrected chi connectivity index (χ3v) is 5.34. The molecule has 1 aliphatic rings. The molecule has 0 aliphatic carbocycles. The zero-order chi connectivity index (χ0) is 16.2. The molecule has 2 N–H and O–H groups in total. The Labute approximate surface area is 142 Å². The number of hydrogen-bond acceptors (Lipinski definition) is 6. The van der Waals surface area contributed by atoms with Gasteiger partial charge >= 0.3 is 0 Å². The fourth-order valence-corrected chi connectivity index (χ4v) is 3.91. The number of thiazole rings is 1. The molecule has 2 aromatic rings. The molecular weight excluding hydrogens is 332 g/mol. The number of aromatic nitrogens is 1. The lowest BCUT2D eigenvalue weighted by molar-refractivity contribution is 0.0533. The molecule has 1 aliphatic heterocycles. The van der Waals surface area contributed by atoms with Gasteiger partial charge in [0.05, 0.1) is 10.6 Å². The molecule has 6 nitrogen and oxygen atoms in total. The zero-order valence-electron chi connectivity index (χ0n) is 12.6. The Hall–Kier alpha value is -1.77. The SMILES string of the molecule is NCCc1nc(C(=O)N2CCN(C(=O)c3ccsc3)CC2)cs1. The first-order valence-corrected chi connectivity index (χ1v) is 9.26. The number of carbonyl (C=O) groups excluding carboxylic acids is 2. The van der Waals surface area contributed by atoms with E-state index in [4.69, 9.17) is 5.73 Å². The van der Waals surface area contributed by atoms with E-state index in [9.17, 15) is 9.59 Å². The van der Waals surface area contributed by atoms with Gasteiger partial charge in [-0.15, -0.1) is 11.3 Å². The van der Waals surface area contributed by atoms with Gasteiger partial charge in [-0.1, -0.05) is 0 Å². The minimum atomic E-state index is -0.0628. The predicted molar refractivity (Wildman–Crippen MR) is 91.0 cm³/mol. The van der Waals surface area contributed by atoms with E-state index < -0.39 is 0 Å². The van der Waals surface area contributed by atoms with Crippen LogP contribution >= 0.6 is 22.7 Å². The first kappa shape index (κ1) is 16.1. The highest BCUT2D eigenvalue weighted by Crippen LogP contribution is 2.15. The molecule has 3 rings (SSSR count). The number of rotatable bonds is 4. The van der Waals surface area contributed by atoms with Gasteiger partial charge in [0.2, 0.25) is 0 Å². The summed E-state index contributed by atoms with van der Waals surface area (Å²) in [5, 5.41) is 6.43. The van der Waals surface area contributed by atoms with E-state index >= 15 is 0 Å². The van der Waals surface area contributed by atoms with Gasteiger partial charge in [0.15, 0.2) is 0 Å². The van der Waals surface area contributed by atoms with E-state index in [0.717, 1.165) is 10.6 Å². The summed E-state index contributed by atoms with van der Waals surface area (Å²) in [6, 6.07) is 1.83. The van der Waals surface area contributed by atoms with Crippen molar-refractivity contribution in [3.05, 3.63) is 38.5 Å². The molecule has 23 heavy (non-hydrogen) atoms. The van der Waals surface area contributed by atoms with Gasteiger partial charge in [-0.2, -0.15) is 11.3 Å². The predicted octanol–water partition coefficient (Wildman–Crippen LogP) is 1.30. The van der Waals surface area contributed by atoms with E-state index in [-0.39, 0.29) is 11.8 Å². The topological polar surface area (TPSA) is 79.5 Å². The van der Waals surface area contributed by atoms with Crippen LogP contribution in [0.4, 0.5) is 0 Å². The molecule has 122 valence electrons. The van der Waals surface area contributed by atoms with Gasteiger partial charge in [0.25, 0.3) is 11.8 Å². The highest BCUT2D eigenvalue weighted by molar-refractivity contribution is 7.09. The summed E-state index contributed by atoms with van der Waals surface area (Å²) in [5.41, 5.74) is 6.71. The Bertz CT molecular complexity index is 675. The van der Waals surface area contributed by atoms with Gasteiger partial charge in [0, 0.05) is 43.4 Å². The standard InChI is InChI=1S/C15H18N4O2S2/c16-3-1-13-17-12(10-23-13)15(21)19-6-4-18(5-7-19)14(20)11-2-8-22-9-11/h2,8-10H,1,3-7,16H2. The number of piperazine rings is 1. The molecule has 0 bridgehead atoms. The molecule has 0 atom stereocenters. The first-order chi connectivity index (χ1) is 11.2. The fourth-order valence-electron chi connectivity index (χ4n) is 2.49. The minimum absolute atomic E-state index is 0.0391. The van der Waals surface area contributed by atoms with E-state index in [1.807, 2.05) is 16.8 Å². The van der Waals surface area contributed by atoms with Crippen LogP contribution in [0.1, 0.15) is 25.9 Å². The van der Waals surface area contributed by atoms with Crippen molar-refractivity contribution < 1.29 is 9.59 Å². The zero-order valence-corrected chi connectivity index (χ0v) is 14.2. The van der Waals surface area contributed by atoms with Crippen molar-refractivity contribution >= 4 is 34.5 Å². The highest BCUT2D eigenvalue weighted by Gasteiger charge is 2.26. The van der Waals surface area contributed by atoms with Crippen molar-refractivity contribution in [3.8, 4) is 0 Å². The molecule has 0 aromatic carbocycles. The average Bonchev–Trinajstić information content (AvgIpc) is 3.26. The fraction of sp³-hybridized carbons (Fsp3) is 0.400. The van der Waals surface area contributed by atoms with Crippen LogP contribution in [0.2, 0.25) is 0 Å². The van der Waals surface area contributed by atoms with Crippen LogP contribution in [0.5, 0.6) is 0 Å². The second kappa shape index (κ2) is 7.20. The van der Waals surface area contributed by atoms with Crippen LogP contribution in [-0.2, 0) is 6.42 Å². The Morgan fingerprint density at radius 3 is 2.43 bits per heavy atom.